The van der Waals surface area contributed by atoms with Crippen molar-refractivity contribution in [1.82, 2.24) is 0 Å². The highest BCUT2D eigenvalue weighted by atomic mass is 19.1. The summed E-state index contributed by atoms with van der Waals surface area (Å²) in [7, 11) is 0. The number of halogens is 1. The number of allylic oxidation sites excluding steroid dienone is 1. The lowest BCUT2D eigenvalue weighted by Crippen LogP contribution is -1.97. The Morgan fingerprint density at radius 2 is 2.13 bits per heavy atom. The third-order valence-corrected chi connectivity index (χ3v) is 1.74. The molecule has 0 fully saturated rings. The van der Waals surface area contributed by atoms with Crippen molar-refractivity contribution < 1.29 is 14.1 Å². The second-order valence-corrected chi connectivity index (χ2v) is 2.78. The molecule has 0 radical (unpaired) electrons. The number of nitro groups is 1. The van der Waals surface area contributed by atoms with Gasteiger partial charge in [-0.3, -0.25) is 10.1 Å². The highest BCUT2D eigenvalue weighted by Crippen LogP contribution is 2.17. The molecule has 5 heteroatoms. The smallest absolute Gasteiger partial charge is 0.269 e. The van der Waals surface area contributed by atoms with Crippen LogP contribution in [-0.4, -0.2) is 11.5 Å². The van der Waals surface area contributed by atoms with Crippen molar-refractivity contribution in [1.29, 1.82) is 0 Å². The molecular formula is C10H10FNO3. The maximum atomic E-state index is 12.7. The molecule has 0 aromatic heterocycles. The third kappa shape index (κ3) is 3.38. The van der Waals surface area contributed by atoms with Crippen molar-refractivity contribution >= 4 is 5.69 Å². The molecule has 0 amide bonds. The molecule has 0 atom stereocenters. The summed E-state index contributed by atoms with van der Waals surface area (Å²) in [5, 5.41) is 10.3. The van der Waals surface area contributed by atoms with Gasteiger partial charge in [-0.05, 0) is 19.1 Å². The van der Waals surface area contributed by atoms with Gasteiger partial charge < -0.3 is 4.74 Å². The number of nitrogens with zero attached hydrogens (tertiary/aromatic N) is 1. The van der Waals surface area contributed by atoms with Crippen LogP contribution >= 0.6 is 0 Å². The minimum Gasteiger partial charge on any atom is -0.487 e. The number of benzene rings is 1. The maximum absolute atomic E-state index is 12.7. The zero-order valence-corrected chi connectivity index (χ0v) is 8.14. The fraction of sp³-hybridized carbons (Fsp3) is 0.200. The first kappa shape index (κ1) is 11.2. The molecule has 0 heterocycles. The van der Waals surface area contributed by atoms with Gasteiger partial charge in [0.15, 0.2) is 0 Å². The highest BCUT2D eigenvalue weighted by molar-refractivity contribution is 5.36. The Labute approximate surface area is 86.1 Å². The van der Waals surface area contributed by atoms with Crippen molar-refractivity contribution in [3.63, 3.8) is 0 Å². The predicted octanol–water partition coefficient (Wildman–Crippen LogP) is 2.85. The van der Waals surface area contributed by atoms with E-state index in [1.54, 1.807) is 6.92 Å². The lowest BCUT2D eigenvalue weighted by molar-refractivity contribution is -0.384. The van der Waals surface area contributed by atoms with Gasteiger partial charge in [0.2, 0.25) is 0 Å². The number of ether oxygens (including phenoxy) is 1. The monoisotopic (exact) mass is 211 g/mol. The van der Waals surface area contributed by atoms with E-state index in [1.165, 1.54) is 30.3 Å². The van der Waals surface area contributed by atoms with Crippen LogP contribution in [-0.2, 0) is 0 Å². The van der Waals surface area contributed by atoms with Gasteiger partial charge in [0.05, 0.1) is 4.92 Å². The Kier molecular flexibility index (Phi) is 3.79. The maximum Gasteiger partial charge on any atom is 0.269 e. The van der Waals surface area contributed by atoms with Crippen LogP contribution in [0.2, 0.25) is 0 Å². The van der Waals surface area contributed by atoms with Gasteiger partial charge in [-0.15, -0.1) is 0 Å². The summed E-state index contributed by atoms with van der Waals surface area (Å²) in [5.74, 6) is 0.0194. The molecule has 1 rings (SSSR count). The molecule has 0 saturated carbocycles. The largest absolute Gasteiger partial charge is 0.487 e. The zero-order chi connectivity index (χ0) is 11.3. The minimum atomic E-state index is -0.504. The molecule has 1 aromatic rings. The van der Waals surface area contributed by atoms with Gasteiger partial charge in [-0.2, -0.15) is 0 Å². The first-order chi connectivity index (χ1) is 7.13. The summed E-state index contributed by atoms with van der Waals surface area (Å²) in [6.45, 7) is 1.41. The van der Waals surface area contributed by atoms with Crippen molar-refractivity contribution in [3.8, 4) is 5.75 Å². The zero-order valence-electron chi connectivity index (χ0n) is 8.14. The van der Waals surface area contributed by atoms with E-state index in [0.717, 1.165) is 0 Å². The number of hydrogen-bond donors (Lipinski definition) is 0. The van der Waals surface area contributed by atoms with Crippen molar-refractivity contribution in [2.24, 2.45) is 0 Å². The molecule has 0 aliphatic rings. The van der Waals surface area contributed by atoms with E-state index in [2.05, 4.69) is 0 Å². The molecule has 0 bridgehead atoms. The summed E-state index contributed by atoms with van der Waals surface area (Å²) < 4.78 is 17.7. The van der Waals surface area contributed by atoms with Gasteiger partial charge >= 0.3 is 0 Å². The average Bonchev–Trinajstić information content (AvgIpc) is 2.26. The summed E-state index contributed by atoms with van der Waals surface area (Å²) in [4.78, 5) is 9.82. The summed E-state index contributed by atoms with van der Waals surface area (Å²) >= 11 is 0. The number of non-ortho nitro benzene ring substituents is 1. The second-order valence-electron chi connectivity index (χ2n) is 2.78. The Morgan fingerprint density at radius 1 is 1.53 bits per heavy atom. The van der Waals surface area contributed by atoms with Crippen LogP contribution in [0.25, 0.3) is 0 Å². The lowest BCUT2D eigenvalue weighted by Gasteiger charge is -2.03. The summed E-state index contributed by atoms with van der Waals surface area (Å²) in [5.41, 5.74) is -0.0196. The van der Waals surface area contributed by atoms with Gasteiger partial charge in [0.25, 0.3) is 5.69 Å². The average molecular weight is 211 g/mol. The van der Waals surface area contributed by atoms with Crippen LogP contribution in [0.1, 0.15) is 6.92 Å². The minimum absolute atomic E-state index is 0.0196. The second kappa shape index (κ2) is 5.09. The van der Waals surface area contributed by atoms with Crippen molar-refractivity contribution in [2.45, 2.75) is 6.92 Å². The van der Waals surface area contributed by atoms with Crippen LogP contribution in [0.15, 0.2) is 36.2 Å². The Balaban J connectivity index is 2.61. The normalized spacial score (nSPS) is 11.2. The third-order valence-electron chi connectivity index (χ3n) is 1.74. The van der Waals surface area contributed by atoms with Crippen LogP contribution < -0.4 is 4.74 Å². The van der Waals surface area contributed by atoms with Gasteiger partial charge in [0.1, 0.15) is 18.2 Å². The number of hydrogen-bond acceptors (Lipinski definition) is 3. The quantitative estimate of drug-likeness (QED) is 0.568. The van der Waals surface area contributed by atoms with E-state index >= 15 is 0 Å². The van der Waals surface area contributed by atoms with Crippen molar-refractivity contribution in [2.75, 3.05) is 6.61 Å². The molecule has 4 nitrogen and oxygen atoms in total. The summed E-state index contributed by atoms with van der Waals surface area (Å²) in [6, 6.07) is 5.48. The van der Waals surface area contributed by atoms with Crippen LogP contribution in [0.5, 0.6) is 5.75 Å². The predicted molar refractivity (Wildman–Crippen MR) is 53.5 cm³/mol. The fourth-order valence-electron chi connectivity index (χ4n) is 0.900. The molecule has 0 unspecified atom stereocenters. The van der Waals surface area contributed by atoms with E-state index in [9.17, 15) is 14.5 Å². The molecule has 15 heavy (non-hydrogen) atoms. The van der Waals surface area contributed by atoms with E-state index in [4.69, 9.17) is 4.74 Å². The van der Waals surface area contributed by atoms with Gasteiger partial charge in [0, 0.05) is 12.1 Å². The first-order valence-electron chi connectivity index (χ1n) is 4.31. The molecular weight excluding hydrogens is 201 g/mol. The highest BCUT2D eigenvalue weighted by Gasteiger charge is 2.04. The Bertz CT molecular complexity index is 373. The Morgan fingerprint density at radius 3 is 2.60 bits per heavy atom. The summed E-state index contributed by atoms with van der Waals surface area (Å²) in [6.07, 6.45) is 1.30. The van der Waals surface area contributed by atoms with Crippen molar-refractivity contribution in [3.05, 3.63) is 46.3 Å². The van der Waals surface area contributed by atoms with E-state index in [0.29, 0.717) is 5.75 Å². The molecule has 1 aromatic carbocycles. The first-order valence-corrected chi connectivity index (χ1v) is 4.31. The molecule has 0 N–H and O–H groups in total. The molecule has 0 aliphatic carbocycles. The van der Waals surface area contributed by atoms with Gasteiger partial charge in [-0.25, -0.2) is 4.39 Å². The molecule has 0 aliphatic heterocycles. The molecule has 0 spiro atoms. The topological polar surface area (TPSA) is 52.4 Å². The standard InChI is InChI=1S/C10H10FNO3/c1-2-8(11)7-15-10-5-3-9(4-6-10)12(13)14/h2-6H,7H2,1H3/b8-2+. The molecule has 80 valence electrons. The van der Waals surface area contributed by atoms with E-state index in [1.807, 2.05) is 0 Å². The Hall–Kier alpha value is -1.91. The molecule has 0 saturated heterocycles. The number of nitro benzene ring substituents is 1. The fourth-order valence-corrected chi connectivity index (χ4v) is 0.900. The number of rotatable bonds is 4. The van der Waals surface area contributed by atoms with Gasteiger partial charge in [-0.1, -0.05) is 6.08 Å². The van der Waals surface area contributed by atoms with Crippen LogP contribution in [0.3, 0.4) is 0 Å². The van der Waals surface area contributed by atoms with E-state index < -0.39 is 4.92 Å². The van der Waals surface area contributed by atoms with Crippen LogP contribution in [0, 0.1) is 10.1 Å². The van der Waals surface area contributed by atoms with Crippen LogP contribution in [0.4, 0.5) is 10.1 Å². The lowest BCUT2D eigenvalue weighted by atomic mass is 10.3. The SMILES string of the molecule is C/C=C(/F)COc1ccc([N+](=O)[O-])cc1. The van der Waals surface area contributed by atoms with E-state index in [-0.39, 0.29) is 18.1 Å².